The first-order chi connectivity index (χ1) is 8.61. The molecule has 1 N–H and O–H groups in total. The molecule has 0 fully saturated rings. The maximum Gasteiger partial charge on any atom is 0.312 e. The third-order valence-electron chi connectivity index (χ3n) is 2.53. The monoisotopic (exact) mass is 272 g/mol. The summed E-state index contributed by atoms with van der Waals surface area (Å²) < 4.78 is 31.4. The lowest BCUT2D eigenvalue weighted by atomic mass is 9.96. The first-order valence-corrected chi connectivity index (χ1v) is 5.97. The zero-order chi connectivity index (χ0) is 14.8. The molecule has 0 spiro atoms. The molecule has 0 heterocycles. The van der Waals surface area contributed by atoms with Gasteiger partial charge in [-0.25, -0.2) is 8.78 Å². The van der Waals surface area contributed by atoms with Crippen molar-refractivity contribution in [1.82, 2.24) is 0 Å². The third-order valence-corrected chi connectivity index (χ3v) is 2.53. The molecule has 3 nitrogen and oxygen atoms in total. The fourth-order valence-corrected chi connectivity index (χ4v) is 1.53. The molecule has 1 rings (SSSR count). The standard InChI is InChI=1S/C14H18F2O3/c1-8(13(18)19-14(2,3)4)12(17)10-6-5-9(15)7-11(10)16/h5-8,12,17H,1-4H3. The molecular formula is C14H18F2O3. The molecule has 1 aromatic carbocycles. The summed E-state index contributed by atoms with van der Waals surface area (Å²) in [4.78, 5) is 11.8. The van der Waals surface area contributed by atoms with Crippen molar-refractivity contribution in [2.75, 3.05) is 0 Å². The van der Waals surface area contributed by atoms with Gasteiger partial charge in [0.05, 0.1) is 12.0 Å². The SMILES string of the molecule is CC(C(=O)OC(C)(C)C)C(O)c1ccc(F)cc1F. The van der Waals surface area contributed by atoms with Gasteiger partial charge >= 0.3 is 5.97 Å². The first kappa shape index (κ1) is 15.6. The Morgan fingerprint density at radius 3 is 2.37 bits per heavy atom. The summed E-state index contributed by atoms with van der Waals surface area (Å²) in [6.45, 7) is 6.52. The predicted octanol–water partition coefficient (Wildman–Crippen LogP) is 2.98. The highest BCUT2D eigenvalue weighted by atomic mass is 19.1. The number of aliphatic hydroxyl groups excluding tert-OH is 1. The van der Waals surface area contributed by atoms with Crippen molar-refractivity contribution in [3.05, 3.63) is 35.4 Å². The van der Waals surface area contributed by atoms with Crippen molar-refractivity contribution < 1.29 is 23.4 Å². The van der Waals surface area contributed by atoms with Gasteiger partial charge in [-0.15, -0.1) is 0 Å². The number of aliphatic hydroxyl groups is 1. The van der Waals surface area contributed by atoms with Crippen molar-refractivity contribution in [3.63, 3.8) is 0 Å². The van der Waals surface area contributed by atoms with Crippen LogP contribution in [0.4, 0.5) is 8.78 Å². The van der Waals surface area contributed by atoms with E-state index in [4.69, 9.17) is 4.74 Å². The van der Waals surface area contributed by atoms with E-state index < -0.39 is 35.2 Å². The lowest BCUT2D eigenvalue weighted by molar-refractivity contribution is -0.163. The van der Waals surface area contributed by atoms with Crippen LogP contribution >= 0.6 is 0 Å². The molecule has 0 aliphatic rings. The lowest BCUT2D eigenvalue weighted by Gasteiger charge is -2.24. The number of esters is 1. The minimum atomic E-state index is -1.38. The van der Waals surface area contributed by atoms with Crippen molar-refractivity contribution in [1.29, 1.82) is 0 Å². The number of halogens is 2. The van der Waals surface area contributed by atoms with E-state index in [9.17, 15) is 18.7 Å². The Kier molecular flexibility index (Phi) is 4.63. The molecule has 2 atom stereocenters. The average molecular weight is 272 g/mol. The smallest absolute Gasteiger partial charge is 0.312 e. The second-order valence-corrected chi connectivity index (χ2v) is 5.43. The Hall–Kier alpha value is -1.49. The van der Waals surface area contributed by atoms with Crippen LogP contribution in [0.25, 0.3) is 0 Å². The lowest BCUT2D eigenvalue weighted by Crippen LogP contribution is -2.30. The van der Waals surface area contributed by atoms with Gasteiger partial charge < -0.3 is 9.84 Å². The van der Waals surface area contributed by atoms with E-state index in [2.05, 4.69) is 0 Å². The van der Waals surface area contributed by atoms with Crippen LogP contribution in [0.3, 0.4) is 0 Å². The molecule has 0 saturated carbocycles. The number of rotatable bonds is 3. The zero-order valence-electron chi connectivity index (χ0n) is 11.4. The number of carbonyl (C=O) groups is 1. The van der Waals surface area contributed by atoms with Gasteiger partial charge in [0.15, 0.2) is 0 Å². The summed E-state index contributed by atoms with van der Waals surface area (Å²) in [6.07, 6.45) is -1.38. The molecule has 0 bridgehead atoms. The van der Waals surface area contributed by atoms with Crippen molar-refractivity contribution >= 4 is 5.97 Å². The highest BCUT2D eigenvalue weighted by Gasteiger charge is 2.29. The minimum absolute atomic E-state index is 0.125. The summed E-state index contributed by atoms with van der Waals surface area (Å²) >= 11 is 0. The molecule has 0 amide bonds. The van der Waals surface area contributed by atoms with E-state index in [-0.39, 0.29) is 5.56 Å². The third kappa shape index (κ3) is 4.28. The summed E-state index contributed by atoms with van der Waals surface area (Å²) in [5, 5.41) is 9.96. The van der Waals surface area contributed by atoms with Crippen LogP contribution in [-0.2, 0) is 9.53 Å². The predicted molar refractivity (Wildman–Crippen MR) is 66.3 cm³/mol. The summed E-state index contributed by atoms with van der Waals surface area (Å²) in [5.74, 6) is -3.20. The van der Waals surface area contributed by atoms with Crippen LogP contribution in [0.1, 0.15) is 39.4 Å². The Morgan fingerprint density at radius 2 is 1.89 bits per heavy atom. The molecule has 19 heavy (non-hydrogen) atoms. The minimum Gasteiger partial charge on any atom is -0.460 e. The van der Waals surface area contributed by atoms with Crippen molar-refractivity contribution in [2.45, 2.75) is 39.4 Å². The van der Waals surface area contributed by atoms with E-state index in [1.54, 1.807) is 20.8 Å². The van der Waals surface area contributed by atoms with Gasteiger partial charge in [0, 0.05) is 11.6 Å². The maximum atomic E-state index is 13.5. The summed E-state index contributed by atoms with van der Waals surface area (Å²) in [5.41, 5.74) is -0.813. The molecule has 106 valence electrons. The Labute approximate surface area is 111 Å². The van der Waals surface area contributed by atoms with Crippen molar-refractivity contribution in [2.24, 2.45) is 5.92 Å². The number of carbonyl (C=O) groups excluding carboxylic acids is 1. The number of hydrogen-bond donors (Lipinski definition) is 1. The Bertz CT molecular complexity index is 466. The number of hydrogen-bond acceptors (Lipinski definition) is 3. The van der Waals surface area contributed by atoms with Gasteiger partial charge in [-0.05, 0) is 33.8 Å². The molecular weight excluding hydrogens is 254 g/mol. The number of benzene rings is 1. The van der Waals surface area contributed by atoms with Crippen LogP contribution in [0.5, 0.6) is 0 Å². The van der Waals surface area contributed by atoms with Crippen LogP contribution in [0.2, 0.25) is 0 Å². The Balaban J connectivity index is 2.87. The Morgan fingerprint density at radius 1 is 1.32 bits per heavy atom. The second-order valence-electron chi connectivity index (χ2n) is 5.43. The summed E-state index contributed by atoms with van der Waals surface area (Å²) in [6, 6.07) is 2.82. The molecule has 0 radical (unpaired) electrons. The molecule has 0 aliphatic carbocycles. The molecule has 0 aliphatic heterocycles. The first-order valence-electron chi connectivity index (χ1n) is 5.97. The van der Waals surface area contributed by atoms with Gasteiger partial charge in [0.2, 0.25) is 0 Å². The fourth-order valence-electron chi connectivity index (χ4n) is 1.53. The van der Waals surface area contributed by atoms with Gasteiger partial charge in [-0.1, -0.05) is 6.07 Å². The van der Waals surface area contributed by atoms with E-state index in [0.29, 0.717) is 6.07 Å². The molecule has 2 unspecified atom stereocenters. The van der Waals surface area contributed by atoms with Crippen molar-refractivity contribution in [3.8, 4) is 0 Å². The molecule has 5 heteroatoms. The second kappa shape index (κ2) is 5.65. The van der Waals surface area contributed by atoms with Gasteiger partial charge in [-0.2, -0.15) is 0 Å². The molecule has 0 saturated heterocycles. The highest BCUT2D eigenvalue weighted by molar-refractivity contribution is 5.73. The molecule has 1 aromatic rings. The van der Waals surface area contributed by atoms with Crippen LogP contribution < -0.4 is 0 Å². The maximum absolute atomic E-state index is 13.5. The largest absolute Gasteiger partial charge is 0.460 e. The van der Waals surface area contributed by atoms with E-state index in [0.717, 1.165) is 12.1 Å². The van der Waals surface area contributed by atoms with Crippen LogP contribution in [-0.4, -0.2) is 16.7 Å². The molecule has 0 aromatic heterocycles. The van der Waals surface area contributed by atoms with Gasteiger partial charge in [0.25, 0.3) is 0 Å². The number of ether oxygens (including phenoxy) is 1. The topological polar surface area (TPSA) is 46.5 Å². The van der Waals surface area contributed by atoms with E-state index in [1.807, 2.05) is 0 Å². The van der Waals surface area contributed by atoms with E-state index in [1.165, 1.54) is 6.92 Å². The van der Waals surface area contributed by atoms with E-state index >= 15 is 0 Å². The van der Waals surface area contributed by atoms with Crippen LogP contribution in [0.15, 0.2) is 18.2 Å². The van der Waals surface area contributed by atoms with Crippen LogP contribution in [0, 0.1) is 17.6 Å². The zero-order valence-corrected chi connectivity index (χ0v) is 11.4. The van der Waals surface area contributed by atoms with Gasteiger partial charge in [0.1, 0.15) is 17.2 Å². The van der Waals surface area contributed by atoms with Gasteiger partial charge in [-0.3, -0.25) is 4.79 Å². The fraction of sp³-hybridized carbons (Fsp3) is 0.500. The average Bonchev–Trinajstić information content (AvgIpc) is 2.24. The highest BCUT2D eigenvalue weighted by Crippen LogP contribution is 2.27. The normalized spacial score (nSPS) is 14.9. The summed E-state index contributed by atoms with van der Waals surface area (Å²) in [7, 11) is 0. The quantitative estimate of drug-likeness (QED) is 0.860.